The number of aliphatic hydroxyl groups is 1. The fourth-order valence-corrected chi connectivity index (χ4v) is 2.89. The van der Waals surface area contributed by atoms with Gasteiger partial charge in [0.15, 0.2) is 0 Å². The van der Waals surface area contributed by atoms with Gasteiger partial charge >= 0.3 is 0 Å². The van der Waals surface area contributed by atoms with Gasteiger partial charge in [-0.1, -0.05) is 25.7 Å². The second-order valence-corrected chi connectivity index (χ2v) is 4.31. The number of hydrogen-bond donors (Lipinski definition) is 2. The summed E-state index contributed by atoms with van der Waals surface area (Å²) < 4.78 is 0. The third-order valence-corrected chi connectivity index (χ3v) is 3.63. The van der Waals surface area contributed by atoms with Gasteiger partial charge in [0.25, 0.3) is 0 Å². The highest BCUT2D eigenvalue weighted by atomic mass is 16.3. The molecule has 12 heavy (non-hydrogen) atoms. The summed E-state index contributed by atoms with van der Waals surface area (Å²) in [5.74, 6) is 2.24. The molecule has 70 valence electrons. The zero-order valence-electron chi connectivity index (χ0n) is 7.63. The molecule has 2 fully saturated rings. The summed E-state index contributed by atoms with van der Waals surface area (Å²) >= 11 is 0. The first-order chi connectivity index (χ1) is 5.92. The highest BCUT2D eigenvalue weighted by Crippen LogP contribution is 2.36. The first-order valence-corrected chi connectivity index (χ1v) is 5.23. The molecule has 2 aliphatic rings. The SMILES string of the molecule is OCC1CNCC1C1CCCC1. The number of nitrogens with one attached hydrogen (secondary N) is 1. The molecule has 1 saturated heterocycles. The largest absolute Gasteiger partial charge is 0.396 e. The van der Waals surface area contributed by atoms with Crippen molar-refractivity contribution >= 4 is 0 Å². The molecule has 1 saturated carbocycles. The lowest BCUT2D eigenvalue weighted by molar-refractivity contribution is 0.173. The predicted octanol–water partition coefficient (Wildman–Crippen LogP) is 1.00. The van der Waals surface area contributed by atoms with E-state index in [9.17, 15) is 0 Å². The summed E-state index contributed by atoms with van der Waals surface area (Å²) in [5, 5.41) is 12.5. The molecule has 1 aliphatic heterocycles. The molecule has 0 amide bonds. The van der Waals surface area contributed by atoms with E-state index in [-0.39, 0.29) is 0 Å². The van der Waals surface area contributed by atoms with E-state index < -0.39 is 0 Å². The quantitative estimate of drug-likeness (QED) is 0.646. The molecule has 2 heteroatoms. The molecule has 0 radical (unpaired) electrons. The second kappa shape index (κ2) is 3.75. The van der Waals surface area contributed by atoms with Crippen LogP contribution in [0, 0.1) is 17.8 Å². The van der Waals surface area contributed by atoms with Crippen LogP contribution in [0.3, 0.4) is 0 Å². The van der Waals surface area contributed by atoms with Crippen LogP contribution in [0.2, 0.25) is 0 Å². The van der Waals surface area contributed by atoms with E-state index in [4.69, 9.17) is 5.11 Å². The Morgan fingerprint density at radius 2 is 1.92 bits per heavy atom. The number of aliphatic hydroxyl groups excluding tert-OH is 1. The van der Waals surface area contributed by atoms with E-state index in [1.807, 2.05) is 0 Å². The molecule has 2 nitrogen and oxygen atoms in total. The minimum Gasteiger partial charge on any atom is -0.396 e. The van der Waals surface area contributed by atoms with Gasteiger partial charge in [-0.15, -0.1) is 0 Å². The predicted molar refractivity (Wildman–Crippen MR) is 48.9 cm³/mol. The third kappa shape index (κ3) is 1.50. The first kappa shape index (κ1) is 8.52. The van der Waals surface area contributed by atoms with Crippen molar-refractivity contribution in [3.63, 3.8) is 0 Å². The summed E-state index contributed by atoms with van der Waals surface area (Å²) in [5.41, 5.74) is 0. The van der Waals surface area contributed by atoms with Crippen molar-refractivity contribution in [2.24, 2.45) is 17.8 Å². The van der Waals surface area contributed by atoms with Gasteiger partial charge in [-0.3, -0.25) is 0 Å². The van der Waals surface area contributed by atoms with Gasteiger partial charge < -0.3 is 10.4 Å². The van der Waals surface area contributed by atoms with Crippen molar-refractivity contribution in [2.45, 2.75) is 25.7 Å². The smallest absolute Gasteiger partial charge is 0.0474 e. The van der Waals surface area contributed by atoms with E-state index in [0.29, 0.717) is 12.5 Å². The molecule has 1 heterocycles. The lowest BCUT2D eigenvalue weighted by Gasteiger charge is -2.22. The maximum Gasteiger partial charge on any atom is 0.0474 e. The Morgan fingerprint density at radius 3 is 2.58 bits per heavy atom. The average molecular weight is 169 g/mol. The molecule has 0 bridgehead atoms. The summed E-state index contributed by atoms with van der Waals surface area (Å²) in [6.07, 6.45) is 5.64. The van der Waals surface area contributed by atoms with Crippen LogP contribution in [-0.4, -0.2) is 24.8 Å². The molecule has 2 unspecified atom stereocenters. The molecule has 0 aromatic rings. The normalized spacial score (nSPS) is 37.8. The Hall–Kier alpha value is -0.0800. The molecular formula is C10H19NO. The van der Waals surface area contributed by atoms with E-state index in [1.54, 1.807) is 0 Å². The lowest BCUT2D eigenvalue weighted by Crippen LogP contribution is -2.23. The van der Waals surface area contributed by atoms with E-state index in [2.05, 4.69) is 5.32 Å². The number of rotatable bonds is 2. The Bertz CT molecular complexity index is 143. The van der Waals surface area contributed by atoms with Crippen molar-refractivity contribution in [3.05, 3.63) is 0 Å². The van der Waals surface area contributed by atoms with Crippen molar-refractivity contribution < 1.29 is 5.11 Å². The molecule has 2 atom stereocenters. The van der Waals surface area contributed by atoms with Crippen LogP contribution >= 0.6 is 0 Å². The molecular weight excluding hydrogens is 150 g/mol. The molecule has 0 aromatic carbocycles. The molecule has 2 N–H and O–H groups in total. The fourth-order valence-electron chi connectivity index (χ4n) is 2.89. The van der Waals surface area contributed by atoms with Gasteiger partial charge in [0.2, 0.25) is 0 Å². The van der Waals surface area contributed by atoms with Gasteiger partial charge in [0, 0.05) is 13.2 Å². The van der Waals surface area contributed by atoms with Crippen molar-refractivity contribution in [1.82, 2.24) is 5.32 Å². The van der Waals surface area contributed by atoms with E-state index >= 15 is 0 Å². The minimum absolute atomic E-state index is 0.383. The second-order valence-electron chi connectivity index (χ2n) is 4.31. The standard InChI is InChI=1S/C10H19NO/c12-7-9-5-11-6-10(9)8-3-1-2-4-8/h8-12H,1-7H2. The fraction of sp³-hybridized carbons (Fsp3) is 1.00. The summed E-state index contributed by atoms with van der Waals surface area (Å²) in [7, 11) is 0. The van der Waals surface area contributed by atoms with Crippen LogP contribution in [-0.2, 0) is 0 Å². The lowest BCUT2D eigenvalue weighted by atomic mass is 9.83. The zero-order valence-corrected chi connectivity index (χ0v) is 7.63. The summed E-state index contributed by atoms with van der Waals surface area (Å²) in [6, 6.07) is 0. The van der Waals surface area contributed by atoms with Crippen molar-refractivity contribution in [2.75, 3.05) is 19.7 Å². The first-order valence-electron chi connectivity index (χ1n) is 5.23. The molecule has 2 rings (SSSR count). The van der Waals surface area contributed by atoms with E-state index in [0.717, 1.165) is 24.9 Å². The Balaban J connectivity index is 1.92. The molecule has 0 spiro atoms. The molecule has 1 aliphatic carbocycles. The van der Waals surface area contributed by atoms with Crippen molar-refractivity contribution in [3.8, 4) is 0 Å². The summed E-state index contributed by atoms with van der Waals surface area (Å²) in [4.78, 5) is 0. The third-order valence-electron chi connectivity index (χ3n) is 3.63. The van der Waals surface area contributed by atoms with Crippen LogP contribution < -0.4 is 5.32 Å². The maximum absolute atomic E-state index is 9.16. The van der Waals surface area contributed by atoms with Crippen molar-refractivity contribution in [1.29, 1.82) is 0 Å². The van der Waals surface area contributed by atoms with Crippen LogP contribution in [0.1, 0.15) is 25.7 Å². The Labute approximate surface area is 74.4 Å². The highest BCUT2D eigenvalue weighted by Gasteiger charge is 2.34. The van der Waals surface area contributed by atoms with Crippen LogP contribution in [0.4, 0.5) is 0 Å². The number of hydrogen-bond acceptors (Lipinski definition) is 2. The zero-order chi connectivity index (χ0) is 8.39. The van der Waals surface area contributed by atoms with Crippen LogP contribution in [0.15, 0.2) is 0 Å². The Morgan fingerprint density at radius 1 is 1.17 bits per heavy atom. The van der Waals surface area contributed by atoms with Crippen LogP contribution in [0.25, 0.3) is 0 Å². The monoisotopic (exact) mass is 169 g/mol. The topological polar surface area (TPSA) is 32.3 Å². The van der Waals surface area contributed by atoms with Gasteiger partial charge in [0.1, 0.15) is 0 Å². The summed E-state index contributed by atoms with van der Waals surface area (Å²) in [6.45, 7) is 2.57. The van der Waals surface area contributed by atoms with E-state index in [1.165, 1.54) is 25.7 Å². The van der Waals surface area contributed by atoms with Gasteiger partial charge in [0.05, 0.1) is 0 Å². The van der Waals surface area contributed by atoms with Gasteiger partial charge in [-0.05, 0) is 24.3 Å². The van der Waals surface area contributed by atoms with Crippen LogP contribution in [0.5, 0.6) is 0 Å². The minimum atomic E-state index is 0.383. The molecule has 0 aromatic heterocycles. The van der Waals surface area contributed by atoms with Gasteiger partial charge in [-0.25, -0.2) is 0 Å². The maximum atomic E-state index is 9.16. The Kier molecular flexibility index (Phi) is 2.66. The average Bonchev–Trinajstić information content (AvgIpc) is 2.74. The van der Waals surface area contributed by atoms with Gasteiger partial charge in [-0.2, -0.15) is 0 Å². The highest BCUT2D eigenvalue weighted by molar-refractivity contribution is 4.87.